The fraction of sp³-hybridized carbons (Fsp3) is 0.737. The smallest absolute Gasteiger partial charge is 0.224 e. The maximum atomic E-state index is 13.0. The van der Waals surface area contributed by atoms with Gasteiger partial charge in [0.15, 0.2) is 0 Å². The second-order valence-electron chi connectivity index (χ2n) is 7.54. The van der Waals surface area contributed by atoms with E-state index in [-0.39, 0.29) is 23.9 Å². The zero-order valence-corrected chi connectivity index (χ0v) is 15.5. The molecule has 2 aliphatic heterocycles. The molecule has 6 nitrogen and oxygen atoms in total. The van der Waals surface area contributed by atoms with Gasteiger partial charge >= 0.3 is 0 Å². The lowest BCUT2D eigenvalue weighted by molar-refractivity contribution is -0.139. The van der Waals surface area contributed by atoms with Crippen LogP contribution in [0.1, 0.15) is 57.4 Å². The van der Waals surface area contributed by atoms with Crippen LogP contribution in [0.4, 0.5) is 0 Å². The van der Waals surface area contributed by atoms with Gasteiger partial charge in [-0.05, 0) is 51.0 Å². The minimum atomic E-state index is 0.0771. The van der Waals surface area contributed by atoms with Crippen molar-refractivity contribution < 1.29 is 9.59 Å². The maximum Gasteiger partial charge on any atom is 0.224 e. The van der Waals surface area contributed by atoms with E-state index in [1.165, 1.54) is 0 Å². The second-order valence-corrected chi connectivity index (χ2v) is 7.54. The van der Waals surface area contributed by atoms with Crippen LogP contribution in [0, 0.1) is 6.92 Å². The monoisotopic (exact) mass is 346 g/mol. The minimum Gasteiger partial charge on any atom is -0.339 e. The molecule has 0 bridgehead atoms. The Morgan fingerprint density at radius 1 is 1.08 bits per heavy atom. The average Bonchev–Trinajstić information content (AvgIpc) is 3.00. The first-order valence-corrected chi connectivity index (χ1v) is 9.60. The molecule has 2 saturated heterocycles. The first-order valence-electron chi connectivity index (χ1n) is 9.60. The summed E-state index contributed by atoms with van der Waals surface area (Å²) in [6, 6.07) is 0.295. The van der Waals surface area contributed by atoms with Crippen molar-refractivity contribution in [3.8, 4) is 0 Å². The van der Waals surface area contributed by atoms with Gasteiger partial charge in [-0.1, -0.05) is 0 Å². The third kappa shape index (κ3) is 4.41. The molecule has 1 aromatic heterocycles. The summed E-state index contributed by atoms with van der Waals surface area (Å²) in [6.45, 7) is 6.04. The summed E-state index contributed by atoms with van der Waals surface area (Å²) in [6.07, 6.45) is 10.7. The summed E-state index contributed by atoms with van der Waals surface area (Å²) in [7, 11) is 0. The van der Waals surface area contributed by atoms with Crippen LogP contribution in [0.2, 0.25) is 0 Å². The van der Waals surface area contributed by atoms with Crippen molar-refractivity contribution >= 4 is 11.8 Å². The third-order valence-electron chi connectivity index (χ3n) is 5.55. The Morgan fingerprint density at radius 3 is 2.40 bits per heavy atom. The summed E-state index contributed by atoms with van der Waals surface area (Å²) in [4.78, 5) is 28.8. The number of rotatable bonds is 4. The Bertz CT molecular complexity index is 612. The average molecular weight is 346 g/mol. The number of amides is 2. The Balaban J connectivity index is 1.64. The molecule has 1 aromatic rings. The molecule has 25 heavy (non-hydrogen) atoms. The molecule has 138 valence electrons. The molecule has 2 amide bonds. The number of aryl methyl sites for hydroxylation is 1. The molecule has 2 aliphatic rings. The molecule has 0 spiro atoms. The Hall–Kier alpha value is -1.85. The van der Waals surface area contributed by atoms with Crippen molar-refractivity contribution in [3.05, 3.63) is 18.0 Å². The van der Waals surface area contributed by atoms with E-state index in [1.807, 2.05) is 33.8 Å². The molecule has 3 rings (SSSR count). The first kappa shape index (κ1) is 18.0. The quantitative estimate of drug-likeness (QED) is 0.841. The number of carbonyl (C=O) groups excluding carboxylic acids is 2. The molecule has 6 heteroatoms. The van der Waals surface area contributed by atoms with E-state index in [0.717, 1.165) is 63.7 Å². The molecule has 0 aliphatic carbocycles. The van der Waals surface area contributed by atoms with E-state index in [0.29, 0.717) is 6.42 Å². The molecular weight excluding hydrogens is 316 g/mol. The van der Waals surface area contributed by atoms with Gasteiger partial charge < -0.3 is 9.80 Å². The molecular formula is C19H30N4O2. The van der Waals surface area contributed by atoms with Crippen LogP contribution in [0.5, 0.6) is 0 Å². The third-order valence-corrected chi connectivity index (χ3v) is 5.55. The molecule has 0 N–H and O–H groups in total. The van der Waals surface area contributed by atoms with Crippen molar-refractivity contribution in [1.82, 2.24) is 19.6 Å². The molecule has 0 radical (unpaired) electrons. The number of carbonyl (C=O) groups is 2. The van der Waals surface area contributed by atoms with E-state index < -0.39 is 0 Å². The summed E-state index contributed by atoms with van der Waals surface area (Å²) < 4.78 is 1.95. The van der Waals surface area contributed by atoms with Crippen LogP contribution in [-0.2, 0) is 16.1 Å². The summed E-state index contributed by atoms with van der Waals surface area (Å²) >= 11 is 0. The van der Waals surface area contributed by atoms with Gasteiger partial charge in [0.25, 0.3) is 0 Å². The maximum absolute atomic E-state index is 13.0. The Labute approximate surface area is 150 Å². The Kier molecular flexibility index (Phi) is 5.76. The summed E-state index contributed by atoms with van der Waals surface area (Å²) in [5.41, 5.74) is 1.15. The van der Waals surface area contributed by atoms with Crippen molar-refractivity contribution in [2.45, 2.75) is 77.4 Å². The van der Waals surface area contributed by atoms with Crippen LogP contribution in [0.3, 0.4) is 0 Å². The highest BCUT2D eigenvalue weighted by Gasteiger charge is 2.32. The normalized spacial score (nSPS) is 24.4. The van der Waals surface area contributed by atoms with Crippen LogP contribution in [-0.4, -0.2) is 56.6 Å². The summed E-state index contributed by atoms with van der Waals surface area (Å²) in [5.74, 6) is 0.298. The molecule has 0 aromatic carbocycles. The van der Waals surface area contributed by atoms with E-state index in [9.17, 15) is 9.59 Å². The highest BCUT2D eigenvalue weighted by molar-refractivity contribution is 5.79. The van der Waals surface area contributed by atoms with Crippen LogP contribution < -0.4 is 0 Å². The standard InChI is InChI=1S/C19H30N4O2/c1-15-12-20-21(13-15)14-18-8-4-6-10-23(18)19(25)11-17-7-3-5-9-22(17)16(2)24/h12-13,17-18H,3-11,14H2,1-2H3. The zero-order valence-electron chi connectivity index (χ0n) is 15.5. The number of hydrogen-bond donors (Lipinski definition) is 0. The van der Waals surface area contributed by atoms with E-state index in [2.05, 4.69) is 5.10 Å². The lowest BCUT2D eigenvalue weighted by Crippen LogP contribution is -2.50. The molecule has 2 fully saturated rings. The largest absolute Gasteiger partial charge is 0.339 e. The highest BCUT2D eigenvalue weighted by Crippen LogP contribution is 2.24. The van der Waals surface area contributed by atoms with Gasteiger partial charge in [0.2, 0.25) is 11.8 Å². The SMILES string of the molecule is CC(=O)N1CCCCC1CC(=O)N1CCCCC1Cn1cc(C)cn1. The van der Waals surface area contributed by atoms with Gasteiger partial charge in [-0.3, -0.25) is 14.3 Å². The number of aromatic nitrogens is 2. The number of piperidine rings is 2. The van der Waals surface area contributed by atoms with Gasteiger partial charge in [0, 0.05) is 38.7 Å². The summed E-state index contributed by atoms with van der Waals surface area (Å²) in [5, 5.41) is 4.38. The molecule has 2 unspecified atom stereocenters. The minimum absolute atomic E-state index is 0.0771. The Morgan fingerprint density at radius 2 is 1.76 bits per heavy atom. The van der Waals surface area contributed by atoms with Gasteiger partial charge in [-0.15, -0.1) is 0 Å². The van der Waals surface area contributed by atoms with Crippen molar-refractivity contribution in [2.75, 3.05) is 13.1 Å². The van der Waals surface area contributed by atoms with Crippen molar-refractivity contribution in [1.29, 1.82) is 0 Å². The van der Waals surface area contributed by atoms with Gasteiger partial charge in [-0.2, -0.15) is 5.10 Å². The van der Waals surface area contributed by atoms with Crippen LogP contribution in [0.15, 0.2) is 12.4 Å². The second kappa shape index (κ2) is 8.02. The molecule has 0 saturated carbocycles. The lowest BCUT2D eigenvalue weighted by Gasteiger charge is -2.39. The number of nitrogens with zero attached hydrogens (tertiary/aromatic N) is 4. The fourth-order valence-electron chi connectivity index (χ4n) is 4.25. The van der Waals surface area contributed by atoms with Crippen LogP contribution >= 0.6 is 0 Å². The van der Waals surface area contributed by atoms with E-state index >= 15 is 0 Å². The number of likely N-dealkylation sites (tertiary alicyclic amines) is 2. The van der Waals surface area contributed by atoms with Crippen molar-refractivity contribution in [3.63, 3.8) is 0 Å². The lowest BCUT2D eigenvalue weighted by atomic mass is 9.96. The first-order chi connectivity index (χ1) is 12.0. The van der Waals surface area contributed by atoms with Crippen LogP contribution in [0.25, 0.3) is 0 Å². The van der Waals surface area contributed by atoms with Gasteiger partial charge in [-0.25, -0.2) is 0 Å². The topological polar surface area (TPSA) is 58.4 Å². The predicted octanol–water partition coefficient (Wildman–Crippen LogP) is 2.36. The predicted molar refractivity (Wildman–Crippen MR) is 96.0 cm³/mol. The van der Waals surface area contributed by atoms with Gasteiger partial charge in [0.05, 0.1) is 18.8 Å². The number of hydrogen-bond acceptors (Lipinski definition) is 3. The van der Waals surface area contributed by atoms with E-state index in [4.69, 9.17) is 0 Å². The molecule has 2 atom stereocenters. The molecule has 3 heterocycles. The fourth-order valence-corrected chi connectivity index (χ4v) is 4.25. The van der Waals surface area contributed by atoms with Crippen molar-refractivity contribution in [2.24, 2.45) is 0 Å². The highest BCUT2D eigenvalue weighted by atomic mass is 16.2. The zero-order chi connectivity index (χ0) is 17.8. The van der Waals surface area contributed by atoms with Gasteiger partial charge in [0.1, 0.15) is 0 Å². The van der Waals surface area contributed by atoms with E-state index in [1.54, 1.807) is 6.92 Å².